The summed E-state index contributed by atoms with van der Waals surface area (Å²) in [6.07, 6.45) is -0.0652. The van der Waals surface area contributed by atoms with E-state index in [1.807, 2.05) is 20.8 Å². The van der Waals surface area contributed by atoms with Crippen molar-refractivity contribution in [2.45, 2.75) is 27.2 Å². The molecular formula is C10H20N2O4S. The second-order valence-electron chi connectivity index (χ2n) is 5.26. The lowest BCUT2D eigenvalue weighted by molar-refractivity contribution is 0.152. The molecule has 1 heterocycles. The van der Waals surface area contributed by atoms with Crippen molar-refractivity contribution in [1.29, 1.82) is 0 Å². The van der Waals surface area contributed by atoms with E-state index in [9.17, 15) is 13.2 Å². The molecule has 0 unspecified atom stereocenters. The fraction of sp³-hybridized carbons (Fsp3) is 0.900. The highest BCUT2D eigenvalue weighted by atomic mass is 32.2. The Labute approximate surface area is 103 Å². The van der Waals surface area contributed by atoms with Crippen molar-refractivity contribution in [2.24, 2.45) is 5.41 Å². The number of hydrogen-bond donors (Lipinski definition) is 0. The van der Waals surface area contributed by atoms with Gasteiger partial charge < -0.3 is 4.74 Å². The normalized spacial score (nSPS) is 20.6. The van der Waals surface area contributed by atoms with Gasteiger partial charge in [0.2, 0.25) is 0 Å². The zero-order chi connectivity index (χ0) is 13.3. The zero-order valence-corrected chi connectivity index (χ0v) is 11.6. The van der Waals surface area contributed by atoms with Crippen LogP contribution in [-0.4, -0.2) is 49.9 Å². The van der Waals surface area contributed by atoms with Crippen molar-refractivity contribution in [3.05, 3.63) is 0 Å². The standard InChI is InChI=1S/C10H20N2O4S/c1-10(2,3)5-6-11-7-8-12(9(13)16-4)17(11,14)15/h5-8H2,1-4H3. The fourth-order valence-electron chi connectivity index (χ4n) is 1.55. The average Bonchev–Trinajstić information content (AvgIpc) is 2.48. The molecule has 1 rings (SSSR count). The molecule has 100 valence electrons. The second-order valence-corrected chi connectivity index (χ2v) is 7.11. The van der Waals surface area contributed by atoms with E-state index in [1.54, 1.807) is 0 Å². The average molecular weight is 264 g/mol. The second kappa shape index (κ2) is 4.81. The Morgan fingerprint density at radius 1 is 1.29 bits per heavy atom. The third kappa shape index (κ3) is 3.32. The predicted octanol–water partition coefficient (Wildman–Crippen LogP) is 1.05. The van der Waals surface area contributed by atoms with Crippen molar-refractivity contribution in [1.82, 2.24) is 8.61 Å². The van der Waals surface area contributed by atoms with Gasteiger partial charge in [0, 0.05) is 13.1 Å². The molecule has 0 N–H and O–H groups in total. The molecule has 1 amide bonds. The minimum atomic E-state index is -3.67. The number of nitrogens with zero attached hydrogens (tertiary/aromatic N) is 2. The Morgan fingerprint density at radius 3 is 2.35 bits per heavy atom. The van der Waals surface area contributed by atoms with Crippen LogP contribution in [0.1, 0.15) is 27.2 Å². The van der Waals surface area contributed by atoms with Crippen molar-refractivity contribution >= 4 is 16.3 Å². The Kier molecular flexibility index (Phi) is 4.03. The first-order valence-corrected chi connectivity index (χ1v) is 6.94. The quantitative estimate of drug-likeness (QED) is 0.747. The maximum atomic E-state index is 12.0. The van der Waals surface area contributed by atoms with Gasteiger partial charge in [-0.05, 0) is 11.8 Å². The highest BCUT2D eigenvalue weighted by molar-refractivity contribution is 7.87. The molecule has 0 aromatic rings. The smallest absolute Gasteiger partial charge is 0.424 e. The largest absolute Gasteiger partial charge is 0.452 e. The van der Waals surface area contributed by atoms with E-state index in [0.717, 1.165) is 10.7 Å². The molecule has 1 saturated heterocycles. The van der Waals surface area contributed by atoms with Crippen LogP contribution in [-0.2, 0) is 14.9 Å². The summed E-state index contributed by atoms with van der Waals surface area (Å²) >= 11 is 0. The first-order valence-electron chi connectivity index (χ1n) is 5.54. The van der Waals surface area contributed by atoms with Crippen molar-refractivity contribution < 1.29 is 17.9 Å². The summed E-state index contributed by atoms with van der Waals surface area (Å²) in [5, 5.41) is 0. The SMILES string of the molecule is COC(=O)N1CCN(CCC(C)(C)C)S1(=O)=O. The first kappa shape index (κ1) is 14.2. The highest BCUT2D eigenvalue weighted by Gasteiger charge is 2.40. The van der Waals surface area contributed by atoms with Crippen LogP contribution < -0.4 is 0 Å². The molecule has 0 atom stereocenters. The lowest BCUT2D eigenvalue weighted by Crippen LogP contribution is -2.38. The number of carbonyl (C=O) groups excluding carboxylic acids is 1. The maximum absolute atomic E-state index is 12.0. The van der Waals surface area contributed by atoms with E-state index < -0.39 is 16.3 Å². The summed E-state index contributed by atoms with van der Waals surface area (Å²) in [5.41, 5.74) is 0.0637. The van der Waals surface area contributed by atoms with Crippen LogP contribution in [0.5, 0.6) is 0 Å². The van der Waals surface area contributed by atoms with Crippen molar-refractivity contribution in [3.8, 4) is 0 Å². The number of carbonyl (C=O) groups is 1. The zero-order valence-electron chi connectivity index (χ0n) is 10.8. The number of hydrogen-bond acceptors (Lipinski definition) is 4. The Hall–Kier alpha value is -0.820. The minimum Gasteiger partial charge on any atom is -0.452 e. The van der Waals surface area contributed by atoms with Gasteiger partial charge in [0.25, 0.3) is 0 Å². The summed E-state index contributed by atoms with van der Waals surface area (Å²) in [6.45, 7) is 7.08. The number of amides is 1. The van der Waals surface area contributed by atoms with Gasteiger partial charge in [-0.2, -0.15) is 17.0 Å². The fourth-order valence-corrected chi connectivity index (χ4v) is 3.04. The molecule has 6 nitrogen and oxygen atoms in total. The predicted molar refractivity (Wildman–Crippen MR) is 63.7 cm³/mol. The topological polar surface area (TPSA) is 66.9 Å². The Morgan fingerprint density at radius 2 is 1.88 bits per heavy atom. The molecule has 1 aliphatic heterocycles. The molecule has 0 bridgehead atoms. The van der Waals surface area contributed by atoms with Gasteiger partial charge in [0.05, 0.1) is 13.7 Å². The lowest BCUT2D eigenvalue weighted by atomic mass is 9.92. The third-order valence-corrected chi connectivity index (χ3v) is 4.55. The Balaban J connectivity index is 2.70. The van der Waals surface area contributed by atoms with Crippen LogP contribution in [0.3, 0.4) is 0 Å². The number of methoxy groups -OCH3 is 1. The number of ether oxygens (including phenoxy) is 1. The molecule has 1 aliphatic rings. The van der Waals surface area contributed by atoms with Gasteiger partial charge in [-0.1, -0.05) is 20.8 Å². The van der Waals surface area contributed by atoms with E-state index in [0.29, 0.717) is 13.1 Å². The van der Waals surface area contributed by atoms with E-state index in [2.05, 4.69) is 4.74 Å². The molecule has 7 heteroatoms. The molecular weight excluding hydrogens is 244 g/mol. The van der Waals surface area contributed by atoms with E-state index in [1.165, 1.54) is 11.4 Å². The third-order valence-electron chi connectivity index (χ3n) is 2.65. The van der Waals surface area contributed by atoms with E-state index in [4.69, 9.17) is 0 Å². The molecule has 0 aromatic heterocycles. The lowest BCUT2D eigenvalue weighted by Gasteiger charge is -2.22. The molecule has 0 saturated carbocycles. The summed E-state index contributed by atoms with van der Waals surface area (Å²) < 4.78 is 30.5. The van der Waals surface area contributed by atoms with Crippen LogP contribution in [0.4, 0.5) is 4.79 Å². The van der Waals surface area contributed by atoms with E-state index >= 15 is 0 Å². The van der Waals surface area contributed by atoms with Gasteiger partial charge >= 0.3 is 16.3 Å². The van der Waals surface area contributed by atoms with Gasteiger partial charge in [-0.3, -0.25) is 0 Å². The summed E-state index contributed by atoms with van der Waals surface area (Å²) in [7, 11) is -2.49. The van der Waals surface area contributed by atoms with Crippen LogP contribution in [0, 0.1) is 5.41 Å². The van der Waals surface area contributed by atoms with Gasteiger partial charge in [0.1, 0.15) is 0 Å². The molecule has 0 aromatic carbocycles. The monoisotopic (exact) mass is 264 g/mol. The van der Waals surface area contributed by atoms with Gasteiger partial charge in [0.15, 0.2) is 0 Å². The van der Waals surface area contributed by atoms with Crippen LogP contribution in [0.2, 0.25) is 0 Å². The van der Waals surface area contributed by atoms with Crippen molar-refractivity contribution in [3.63, 3.8) is 0 Å². The van der Waals surface area contributed by atoms with Gasteiger partial charge in [-0.25, -0.2) is 4.79 Å². The highest BCUT2D eigenvalue weighted by Crippen LogP contribution is 2.23. The first-order chi connectivity index (χ1) is 7.68. The minimum absolute atomic E-state index is 0.0637. The maximum Gasteiger partial charge on any atom is 0.424 e. The van der Waals surface area contributed by atoms with Crippen molar-refractivity contribution in [2.75, 3.05) is 26.7 Å². The summed E-state index contributed by atoms with van der Waals surface area (Å²) in [6, 6.07) is 0. The molecule has 0 aliphatic carbocycles. The van der Waals surface area contributed by atoms with Crippen LogP contribution in [0.25, 0.3) is 0 Å². The summed E-state index contributed by atoms with van der Waals surface area (Å²) in [5.74, 6) is 0. The Bertz CT molecular complexity index is 386. The number of rotatable bonds is 2. The molecule has 17 heavy (non-hydrogen) atoms. The molecule has 0 spiro atoms. The van der Waals surface area contributed by atoms with E-state index in [-0.39, 0.29) is 12.0 Å². The molecule has 0 radical (unpaired) electrons. The van der Waals surface area contributed by atoms with Crippen LogP contribution in [0.15, 0.2) is 0 Å². The molecule has 1 fully saturated rings. The summed E-state index contributed by atoms with van der Waals surface area (Å²) in [4.78, 5) is 11.3. The van der Waals surface area contributed by atoms with Gasteiger partial charge in [-0.15, -0.1) is 0 Å². The van der Waals surface area contributed by atoms with Crippen LogP contribution >= 0.6 is 0 Å².